The topological polar surface area (TPSA) is 69.6 Å². The van der Waals surface area contributed by atoms with Gasteiger partial charge in [0.1, 0.15) is 0 Å². The Morgan fingerprint density at radius 3 is 2.44 bits per heavy atom. The molecule has 16 heavy (non-hydrogen) atoms. The number of carbonyl (C=O) groups excluding carboxylic acids is 2. The Morgan fingerprint density at radius 1 is 1.25 bits per heavy atom. The Hall–Kier alpha value is -1.15. The number of para-hydroxylation sites is 1. The summed E-state index contributed by atoms with van der Waals surface area (Å²) in [6.45, 7) is 0. The lowest BCUT2D eigenvalue weighted by Gasteiger charge is -2.14. The third-order valence-electron chi connectivity index (χ3n) is 1.91. The van der Waals surface area contributed by atoms with Gasteiger partial charge in [-0.25, -0.2) is 0 Å². The SMILES string of the molecule is O=C(CCC(=O)N(O)c1ccccc1)NI. The van der Waals surface area contributed by atoms with Gasteiger partial charge in [-0.2, -0.15) is 5.06 Å². The van der Waals surface area contributed by atoms with Gasteiger partial charge in [0, 0.05) is 12.8 Å². The molecule has 0 fully saturated rings. The first-order valence-corrected chi connectivity index (χ1v) is 5.69. The number of hydrogen-bond donors (Lipinski definition) is 2. The van der Waals surface area contributed by atoms with E-state index in [2.05, 4.69) is 3.53 Å². The van der Waals surface area contributed by atoms with Crippen molar-refractivity contribution in [3.05, 3.63) is 30.3 Å². The lowest BCUT2D eigenvalue weighted by molar-refractivity contribution is -0.127. The number of benzene rings is 1. The van der Waals surface area contributed by atoms with E-state index in [4.69, 9.17) is 0 Å². The molecule has 2 N–H and O–H groups in total. The summed E-state index contributed by atoms with van der Waals surface area (Å²) in [4.78, 5) is 22.4. The molecule has 1 aromatic rings. The summed E-state index contributed by atoms with van der Waals surface area (Å²) < 4.78 is 2.38. The Balaban J connectivity index is 2.52. The zero-order valence-electron chi connectivity index (χ0n) is 8.39. The minimum absolute atomic E-state index is 0.0276. The van der Waals surface area contributed by atoms with Crippen LogP contribution in [0.5, 0.6) is 0 Å². The molecule has 0 aliphatic heterocycles. The summed E-state index contributed by atoms with van der Waals surface area (Å²) in [5.74, 6) is -0.749. The highest BCUT2D eigenvalue weighted by Crippen LogP contribution is 2.12. The third-order valence-corrected chi connectivity index (χ3v) is 2.51. The number of nitrogens with zero attached hydrogens (tertiary/aromatic N) is 1. The van der Waals surface area contributed by atoms with Gasteiger partial charge in [0.2, 0.25) is 5.91 Å². The summed E-state index contributed by atoms with van der Waals surface area (Å²) in [6.07, 6.45) is 0.0336. The van der Waals surface area contributed by atoms with Crippen LogP contribution in [0.15, 0.2) is 30.3 Å². The van der Waals surface area contributed by atoms with Crippen LogP contribution in [-0.4, -0.2) is 17.0 Å². The molecule has 0 spiro atoms. The lowest BCUT2D eigenvalue weighted by Crippen LogP contribution is -2.28. The number of hydroxylamine groups is 1. The molecule has 0 aromatic heterocycles. The molecule has 2 amide bonds. The van der Waals surface area contributed by atoms with Crippen molar-refractivity contribution in [1.82, 2.24) is 3.53 Å². The highest BCUT2D eigenvalue weighted by atomic mass is 127. The molecule has 0 radical (unpaired) electrons. The predicted octanol–water partition coefficient (Wildman–Crippen LogP) is 1.66. The average Bonchev–Trinajstić information content (AvgIpc) is 2.35. The van der Waals surface area contributed by atoms with Crippen LogP contribution in [0.4, 0.5) is 5.69 Å². The summed E-state index contributed by atoms with van der Waals surface area (Å²) in [7, 11) is 0. The van der Waals surface area contributed by atoms with Crippen LogP contribution in [0.2, 0.25) is 0 Å². The zero-order valence-corrected chi connectivity index (χ0v) is 10.5. The molecule has 0 aliphatic rings. The van der Waals surface area contributed by atoms with Gasteiger partial charge >= 0.3 is 0 Å². The number of halogens is 1. The van der Waals surface area contributed by atoms with Crippen LogP contribution in [0, 0.1) is 0 Å². The largest absolute Gasteiger partial charge is 0.299 e. The lowest BCUT2D eigenvalue weighted by atomic mass is 10.2. The summed E-state index contributed by atoms with van der Waals surface area (Å²) in [6, 6.07) is 8.42. The second kappa shape index (κ2) is 6.44. The van der Waals surface area contributed by atoms with E-state index in [-0.39, 0.29) is 18.7 Å². The average molecular weight is 334 g/mol. The van der Waals surface area contributed by atoms with Gasteiger partial charge in [-0.15, -0.1) is 0 Å². The number of carbonyl (C=O) groups is 2. The molecule has 0 saturated carbocycles. The maximum atomic E-state index is 11.5. The zero-order chi connectivity index (χ0) is 12.0. The van der Waals surface area contributed by atoms with Crippen LogP contribution in [0.1, 0.15) is 12.8 Å². The van der Waals surface area contributed by atoms with Gasteiger partial charge in [-0.1, -0.05) is 18.2 Å². The number of rotatable bonds is 4. The van der Waals surface area contributed by atoms with Crippen molar-refractivity contribution >= 4 is 40.4 Å². The van der Waals surface area contributed by atoms with Crippen LogP contribution < -0.4 is 8.59 Å². The van der Waals surface area contributed by atoms with Gasteiger partial charge < -0.3 is 0 Å². The van der Waals surface area contributed by atoms with Gasteiger partial charge in [-0.3, -0.25) is 18.3 Å². The molecule has 86 valence electrons. The maximum absolute atomic E-state index is 11.5. The molecule has 1 aromatic carbocycles. The number of anilines is 1. The van der Waals surface area contributed by atoms with Gasteiger partial charge in [0.05, 0.1) is 28.6 Å². The molecule has 0 aliphatic carbocycles. The Morgan fingerprint density at radius 2 is 1.88 bits per heavy atom. The van der Waals surface area contributed by atoms with Crippen LogP contribution in [0.25, 0.3) is 0 Å². The van der Waals surface area contributed by atoms with E-state index in [1.54, 1.807) is 53.2 Å². The number of amides is 2. The van der Waals surface area contributed by atoms with Crippen molar-refractivity contribution < 1.29 is 14.8 Å². The second-order valence-electron chi connectivity index (χ2n) is 3.06. The minimum atomic E-state index is -0.508. The van der Waals surface area contributed by atoms with E-state index in [0.717, 1.165) is 0 Å². The Kier molecular flexibility index (Phi) is 5.20. The highest BCUT2D eigenvalue weighted by Gasteiger charge is 2.13. The fourth-order valence-electron chi connectivity index (χ4n) is 1.09. The van der Waals surface area contributed by atoms with E-state index >= 15 is 0 Å². The summed E-state index contributed by atoms with van der Waals surface area (Å²) >= 11 is 1.70. The molecule has 0 bridgehead atoms. The standard InChI is InChI=1S/C10H11IN2O3/c11-12-9(14)6-7-10(15)13(16)8-4-2-1-3-5-8/h1-5,16H,6-7H2,(H,12,14). The minimum Gasteiger partial charge on any atom is -0.299 e. The van der Waals surface area contributed by atoms with Crippen molar-refractivity contribution in [1.29, 1.82) is 0 Å². The fourth-order valence-corrected chi connectivity index (χ4v) is 1.36. The van der Waals surface area contributed by atoms with Gasteiger partial charge in [0.15, 0.2) is 0 Å². The number of hydrogen-bond acceptors (Lipinski definition) is 3. The molecule has 0 heterocycles. The van der Waals surface area contributed by atoms with Crippen LogP contribution in [0.3, 0.4) is 0 Å². The fraction of sp³-hybridized carbons (Fsp3) is 0.200. The van der Waals surface area contributed by atoms with E-state index < -0.39 is 5.91 Å². The molecule has 0 unspecified atom stereocenters. The quantitative estimate of drug-likeness (QED) is 0.381. The first kappa shape index (κ1) is 12.9. The molecular weight excluding hydrogens is 323 g/mol. The summed E-state index contributed by atoms with van der Waals surface area (Å²) in [5, 5.41) is 10.1. The molecule has 0 saturated heterocycles. The second-order valence-corrected chi connectivity index (χ2v) is 3.60. The van der Waals surface area contributed by atoms with E-state index in [9.17, 15) is 14.8 Å². The van der Waals surface area contributed by atoms with Gasteiger partial charge in [0.25, 0.3) is 5.91 Å². The van der Waals surface area contributed by atoms with Crippen LogP contribution >= 0.6 is 22.9 Å². The van der Waals surface area contributed by atoms with Crippen molar-refractivity contribution in [2.45, 2.75) is 12.8 Å². The van der Waals surface area contributed by atoms with Crippen molar-refractivity contribution in [3.63, 3.8) is 0 Å². The third kappa shape index (κ3) is 3.78. The van der Waals surface area contributed by atoms with Crippen molar-refractivity contribution in [2.24, 2.45) is 0 Å². The smallest absolute Gasteiger partial charge is 0.251 e. The van der Waals surface area contributed by atoms with E-state index in [1.165, 1.54) is 0 Å². The Bertz CT molecular complexity index is 370. The van der Waals surface area contributed by atoms with Gasteiger partial charge in [-0.05, 0) is 12.1 Å². The number of nitrogens with one attached hydrogen (secondary N) is 1. The summed E-state index contributed by atoms with van der Waals surface area (Å²) in [5.41, 5.74) is 0.391. The first-order chi connectivity index (χ1) is 7.65. The molecule has 0 atom stereocenters. The Labute approximate surface area is 107 Å². The van der Waals surface area contributed by atoms with Crippen molar-refractivity contribution in [2.75, 3.05) is 5.06 Å². The molecule has 5 nitrogen and oxygen atoms in total. The molecular formula is C10H11IN2O3. The van der Waals surface area contributed by atoms with Crippen LogP contribution in [-0.2, 0) is 9.59 Å². The normalized spacial score (nSPS) is 9.62. The van der Waals surface area contributed by atoms with Crippen molar-refractivity contribution in [3.8, 4) is 0 Å². The maximum Gasteiger partial charge on any atom is 0.251 e. The van der Waals surface area contributed by atoms with E-state index in [1.807, 2.05) is 0 Å². The monoisotopic (exact) mass is 334 g/mol. The molecule has 6 heteroatoms. The highest BCUT2D eigenvalue weighted by molar-refractivity contribution is 14.1. The first-order valence-electron chi connectivity index (χ1n) is 4.61. The molecule has 1 rings (SSSR count). The van der Waals surface area contributed by atoms with E-state index in [0.29, 0.717) is 10.8 Å². The predicted molar refractivity (Wildman–Crippen MR) is 67.1 cm³/mol.